The van der Waals surface area contributed by atoms with Crippen LogP contribution in [0, 0.1) is 0 Å². The third kappa shape index (κ3) is 4.51. The van der Waals surface area contributed by atoms with E-state index in [0.717, 1.165) is 29.2 Å². The molecule has 0 spiro atoms. The largest absolute Gasteiger partial charge is 0.330 e. The smallest absolute Gasteiger partial charge is 0.170 e. The molecule has 4 nitrogen and oxygen atoms in total. The molecular formula is C20H27N3O. The summed E-state index contributed by atoms with van der Waals surface area (Å²) in [5.74, 6) is 0.0187. The molecule has 5 N–H and O–H groups in total. The summed E-state index contributed by atoms with van der Waals surface area (Å²) in [6.45, 7) is 4.91. The molecule has 0 aliphatic rings. The molecule has 24 heavy (non-hydrogen) atoms. The molecule has 0 aliphatic carbocycles. The SMILES string of the molecule is C=CCNC(C(=O)[C@@H](N)CCCCN)c1cccc2ccccc12. The number of fused-ring (bicyclic) bond motifs is 1. The van der Waals surface area contributed by atoms with E-state index in [0.29, 0.717) is 19.5 Å². The van der Waals surface area contributed by atoms with Gasteiger partial charge in [-0.2, -0.15) is 0 Å². The van der Waals surface area contributed by atoms with E-state index in [1.807, 2.05) is 30.3 Å². The van der Waals surface area contributed by atoms with Crippen molar-refractivity contribution in [2.24, 2.45) is 11.5 Å². The van der Waals surface area contributed by atoms with E-state index in [9.17, 15) is 4.79 Å². The number of hydrogen-bond donors (Lipinski definition) is 3. The number of rotatable bonds is 10. The van der Waals surface area contributed by atoms with Crippen LogP contribution in [0.4, 0.5) is 0 Å². The van der Waals surface area contributed by atoms with Crippen LogP contribution >= 0.6 is 0 Å². The molecule has 2 aromatic rings. The van der Waals surface area contributed by atoms with E-state index in [2.05, 4.69) is 24.0 Å². The molecule has 2 aromatic carbocycles. The number of nitrogens with two attached hydrogens (primary N) is 2. The molecule has 128 valence electrons. The van der Waals surface area contributed by atoms with Crippen molar-refractivity contribution < 1.29 is 4.79 Å². The van der Waals surface area contributed by atoms with Crippen molar-refractivity contribution in [2.75, 3.05) is 13.1 Å². The molecule has 0 heterocycles. The number of carbonyl (C=O) groups is 1. The Morgan fingerprint density at radius 2 is 1.92 bits per heavy atom. The molecule has 2 rings (SSSR count). The van der Waals surface area contributed by atoms with Crippen LogP contribution in [-0.4, -0.2) is 24.9 Å². The molecule has 2 atom stereocenters. The van der Waals surface area contributed by atoms with Gasteiger partial charge in [-0.25, -0.2) is 0 Å². The topological polar surface area (TPSA) is 81.1 Å². The number of Topliss-reactive ketones (excluding diaryl/α,β-unsaturated/α-hetero) is 1. The predicted molar refractivity (Wildman–Crippen MR) is 101 cm³/mol. The summed E-state index contributed by atoms with van der Waals surface area (Å²) in [7, 11) is 0. The number of nitrogens with one attached hydrogen (secondary N) is 1. The minimum absolute atomic E-state index is 0.0187. The minimum Gasteiger partial charge on any atom is -0.330 e. The van der Waals surface area contributed by atoms with Gasteiger partial charge in [-0.05, 0) is 35.7 Å². The standard InChI is InChI=1S/C20H27N3O/c1-2-14-23-19(20(24)18(22)12-5-6-13-21)17-11-7-9-15-8-3-4-10-16(15)17/h2-4,7-11,18-19,23H,1,5-6,12-14,21-22H2/t18-,19?/m0/s1. The van der Waals surface area contributed by atoms with Gasteiger partial charge in [-0.1, -0.05) is 55.0 Å². The van der Waals surface area contributed by atoms with Crippen molar-refractivity contribution in [1.29, 1.82) is 0 Å². The van der Waals surface area contributed by atoms with Gasteiger partial charge >= 0.3 is 0 Å². The molecule has 0 saturated heterocycles. The van der Waals surface area contributed by atoms with Gasteiger partial charge in [0.2, 0.25) is 0 Å². The molecule has 0 aromatic heterocycles. The zero-order chi connectivity index (χ0) is 17.4. The zero-order valence-electron chi connectivity index (χ0n) is 14.1. The second-order valence-corrected chi connectivity index (χ2v) is 5.99. The van der Waals surface area contributed by atoms with Crippen molar-refractivity contribution in [3.05, 3.63) is 60.7 Å². The molecule has 0 fully saturated rings. The first-order valence-corrected chi connectivity index (χ1v) is 8.50. The Balaban J connectivity index is 2.29. The number of carbonyl (C=O) groups excluding carboxylic acids is 1. The van der Waals surface area contributed by atoms with E-state index >= 15 is 0 Å². The molecule has 0 bridgehead atoms. The Morgan fingerprint density at radius 3 is 2.67 bits per heavy atom. The first kappa shape index (κ1) is 18.3. The van der Waals surface area contributed by atoms with E-state index in [4.69, 9.17) is 11.5 Å². The Labute approximate surface area is 143 Å². The second kappa shape index (κ2) is 9.33. The van der Waals surface area contributed by atoms with Crippen LogP contribution in [0.15, 0.2) is 55.1 Å². The normalized spacial score (nSPS) is 13.6. The van der Waals surface area contributed by atoms with Gasteiger partial charge in [-0.3, -0.25) is 4.79 Å². The fourth-order valence-corrected chi connectivity index (χ4v) is 2.93. The Kier molecular flexibility index (Phi) is 7.12. The number of ketones is 1. The summed E-state index contributed by atoms with van der Waals surface area (Å²) in [6.07, 6.45) is 4.17. The molecule has 0 aliphatic heterocycles. The van der Waals surface area contributed by atoms with E-state index in [1.165, 1.54) is 0 Å². The van der Waals surface area contributed by atoms with E-state index < -0.39 is 12.1 Å². The molecule has 1 unspecified atom stereocenters. The van der Waals surface area contributed by atoms with E-state index in [-0.39, 0.29) is 5.78 Å². The minimum atomic E-state index is -0.488. The summed E-state index contributed by atoms with van der Waals surface area (Å²) < 4.78 is 0. The van der Waals surface area contributed by atoms with Crippen LogP contribution < -0.4 is 16.8 Å². The first-order chi connectivity index (χ1) is 11.7. The van der Waals surface area contributed by atoms with Gasteiger partial charge in [0, 0.05) is 6.54 Å². The van der Waals surface area contributed by atoms with Crippen LogP contribution in [0.1, 0.15) is 30.9 Å². The fourth-order valence-electron chi connectivity index (χ4n) is 2.93. The van der Waals surface area contributed by atoms with Gasteiger partial charge in [0.25, 0.3) is 0 Å². The Bertz CT molecular complexity index is 678. The number of hydrogen-bond acceptors (Lipinski definition) is 4. The van der Waals surface area contributed by atoms with Crippen molar-refractivity contribution in [3.63, 3.8) is 0 Å². The second-order valence-electron chi connectivity index (χ2n) is 5.99. The third-order valence-electron chi connectivity index (χ3n) is 4.22. The van der Waals surface area contributed by atoms with Gasteiger partial charge in [0.15, 0.2) is 5.78 Å². The molecular weight excluding hydrogens is 298 g/mol. The fraction of sp³-hybridized carbons (Fsp3) is 0.350. The van der Waals surface area contributed by atoms with Crippen molar-refractivity contribution in [3.8, 4) is 0 Å². The average Bonchev–Trinajstić information content (AvgIpc) is 2.62. The number of benzene rings is 2. The quantitative estimate of drug-likeness (QED) is 0.463. The summed E-state index contributed by atoms with van der Waals surface area (Å²) in [5.41, 5.74) is 12.6. The highest BCUT2D eigenvalue weighted by Crippen LogP contribution is 2.26. The Morgan fingerprint density at radius 1 is 1.17 bits per heavy atom. The summed E-state index contributed by atoms with van der Waals surface area (Å²) in [4.78, 5) is 12.9. The summed E-state index contributed by atoms with van der Waals surface area (Å²) in [6, 6.07) is 13.2. The maximum Gasteiger partial charge on any atom is 0.170 e. The lowest BCUT2D eigenvalue weighted by Gasteiger charge is -2.22. The molecule has 4 heteroatoms. The molecule has 0 radical (unpaired) electrons. The van der Waals surface area contributed by atoms with Crippen LogP contribution in [0.25, 0.3) is 10.8 Å². The van der Waals surface area contributed by atoms with Gasteiger partial charge < -0.3 is 16.8 Å². The average molecular weight is 325 g/mol. The van der Waals surface area contributed by atoms with E-state index in [1.54, 1.807) is 6.08 Å². The van der Waals surface area contributed by atoms with Crippen LogP contribution in [0.3, 0.4) is 0 Å². The highest BCUT2D eigenvalue weighted by molar-refractivity contribution is 5.95. The highest BCUT2D eigenvalue weighted by Gasteiger charge is 2.26. The lowest BCUT2D eigenvalue weighted by Crippen LogP contribution is -2.40. The van der Waals surface area contributed by atoms with Crippen molar-refractivity contribution >= 4 is 16.6 Å². The zero-order valence-corrected chi connectivity index (χ0v) is 14.1. The van der Waals surface area contributed by atoms with Gasteiger partial charge in [0.1, 0.15) is 0 Å². The van der Waals surface area contributed by atoms with Crippen molar-refractivity contribution in [2.45, 2.75) is 31.3 Å². The van der Waals surface area contributed by atoms with Gasteiger partial charge in [0.05, 0.1) is 12.1 Å². The summed E-state index contributed by atoms with van der Waals surface area (Å²) >= 11 is 0. The number of unbranched alkanes of at least 4 members (excludes halogenated alkanes) is 1. The van der Waals surface area contributed by atoms with Crippen LogP contribution in [0.5, 0.6) is 0 Å². The maximum atomic E-state index is 12.9. The van der Waals surface area contributed by atoms with Gasteiger partial charge in [-0.15, -0.1) is 6.58 Å². The van der Waals surface area contributed by atoms with Crippen LogP contribution in [0.2, 0.25) is 0 Å². The van der Waals surface area contributed by atoms with Crippen molar-refractivity contribution in [1.82, 2.24) is 5.32 Å². The maximum absolute atomic E-state index is 12.9. The monoisotopic (exact) mass is 325 g/mol. The van der Waals surface area contributed by atoms with Crippen LogP contribution in [-0.2, 0) is 4.79 Å². The highest BCUT2D eigenvalue weighted by atomic mass is 16.1. The third-order valence-corrected chi connectivity index (χ3v) is 4.22. The Hall–Kier alpha value is -2.01. The lowest BCUT2D eigenvalue weighted by molar-refractivity contribution is -0.122. The lowest BCUT2D eigenvalue weighted by atomic mass is 9.91. The molecule has 0 amide bonds. The predicted octanol–water partition coefficient (Wildman–Crippen LogP) is 2.68. The molecule has 0 saturated carbocycles. The first-order valence-electron chi connectivity index (χ1n) is 8.50. The summed E-state index contributed by atoms with van der Waals surface area (Å²) in [5, 5.41) is 5.47.